The van der Waals surface area contributed by atoms with Crippen molar-refractivity contribution in [3.05, 3.63) is 12.2 Å². The third-order valence-corrected chi connectivity index (χ3v) is 1.72. The van der Waals surface area contributed by atoms with Gasteiger partial charge in [0.05, 0.1) is 6.10 Å². The summed E-state index contributed by atoms with van der Waals surface area (Å²) >= 11 is 0. The highest BCUT2D eigenvalue weighted by molar-refractivity contribution is 4.87. The van der Waals surface area contributed by atoms with Gasteiger partial charge in [-0.2, -0.15) is 0 Å². The second kappa shape index (κ2) is 4.51. The molecule has 0 aliphatic rings. The number of aliphatic hydroxyl groups is 1. The Morgan fingerprint density at radius 2 is 1.70 bits per heavy atom. The summed E-state index contributed by atoms with van der Waals surface area (Å²) in [6, 6.07) is 0. The summed E-state index contributed by atoms with van der Waals surface area (Å²) in [5.41, 5.74) is 0. The van der Waals surface area contributed by atoms with Crippen LogP contribution in [0.1, 0.15) is 27.7 Å². The molecule has 0 unspecified atom stereocenters. The van der Waals surface area contributed by atoms with E-state index in [0.717, 1.165) is 0 Å². The lowest BCUT2D eigenvalue weighted by atomic mass is 9.95. The summed E-state index contributed by atoms with van der Waals surface area (Å²) in [6.45, 7) is 8.07. The fourth-order valence-electron chi connectivity index (χ4n) is 1.02. The highest BCUT2D eigenvalue weighted by atomic mass is 16.3. The molecular formula is C9H18O. The van der Waals surface area contributed by atoms with Crippen LogP contribution in [0.25, 0.3) is 0 Å². The molecule has 0 bridgehead atoms. The molecule has 1 nitrogen and oxygen atoms in total. The molecule has 0 saturated heterocycles. The van der Waals surface area contributed by atoms with Crippen LogP contribution in [0, 0.1) is 11.8 Å². The van der Waals surface area contributed by atoms with E-state index in [-0.39, 0.29) is 12.0 Å². The fraction of sp³-hybridized carbons (Fsp3) is 0.778. The molecule has 0 saturated carbocycles. The molecule has 0 spiro atoms. The summed E-state index contributed by atoms with van der Waals surface area (Å²) in [6.07, 6.45) is 3.82. The van der Waals surface area contributed by atoms with E-state index >= 15 is 0 Å². The maximum atomic E-state index is 9.47. The van der Waals surface area contributed by atoms with E-state index in [4.69, 9.17) is 0 Å². The molecule has 1 N–H and O–H groups in total. The van der Waals surface area contributed by atoms with Crippen LogP contribution in [0.5, 0.6) is 0 Å². The molecule has 2 atom stereocenters. The Labute approximate surface area is 63.8 Å². The van der Waals surface area contributed by atoms with Crippen LogP contribution in [0.3, 0.4) is 0 Å². The van der Waals surface area contributed by atoms with Crippen molar-refractivity contribution in [3.8, 4) is 0 Å². The van der Waals surface area contributed by atoms with Gasteiger partial charge in [0.25, 0.3) is 0 Å². The van der Waals surface area contributed by atoms with E-state index in [9.17, 15) is 5.11 Å². The summed E-state index contributed by atoms with van der Waals surface area (Å²) in [7, 11) is 0. The topological polar surface area (TPSA) is 20.2 Å². The molecule has 0 amide bonds. The standard InChI is InChI=1S/C9H18O/c1-5-6-8(4)9(10)7(2)3/h5-10H,1-4H3/b6-5-/t8-,9+/m0/s1. The first-order valence-corrected chi connectivity index (χ1v) is 3.90. The van der Waals surface area contributed by atoms with Gasteiger partial charge in [-0.1, -0.05) is 32.9 Å². The Bertz CT molecular complexity index is 105. The van der Waals surface area contributed by atoms with Crippen molar-refractivity contribution in [1.29, 1.82) is 0 Å². The molecule has 0 aromatic rings. The zero-order chi connectivity index (χ0) is 8.15. The van der Waals surface area contributed by atoms with Crippen molar-refractivity contribution in [2.45, 2.75) is 33.8 Å². The number of allylic oxidation sites excluding steroid dienone is 1. The predicted octanol–water partition coefficient (Wildman–Crippen LogP) is 2.22. The number of hydrogen-bond donors (Lipinski definition) is 1. The zero-order valence-electron chi connectivity index (χ0n) is 7.33. The Morgan fingerprint density at radius 1 is 1.20 bits per heavy atom. The molecule has 10 heavy (non-hydrogen) atoms. The second-order valence-corrected chi connectivity index (χ2v) is 3.12. The quantitative estimate of drug-likeness (QED) is 0.599. The molecule has 0 aromatic heterocycles. The maximum Gasteiger partial charge on any atom is 0.0622 e. The summed E-state index contributed by atoms with van der Waals surface area (Å²) in [5, 5.41) is 9.47. The van der Waals surface area contributed by atoms with Gasteiger partial charge in [-0.05, 0) is 12.8 Å². The van der Waals surface area contributed by atoms with Crippen molar-refractivity contribution >= 4 is 0 Å². The van der Waals surface area contributed by atoms with Crippen LogP contribution in [-0.2, 0) is 0 Å². The maximum absolute atomic E-state index is 9.47. The molecule has 1 heteroatoms. The fourth-order valence-corrected chi connectivity index (χ4v) is 1.02. The van der Waals surface area contributed by atoms with E-state index in [1.165, 1.54) is 0 Å². The molecule has 0 fully saturated rings. The van der Waals surface area contributed by atoms with Crippen molar-refractivity contribution in [2.24, 2.45) is 11.8 Å². The van der Waals surface area contributed by atoms with Crippen LogP contribution >= 0.6 is 0 Å². The van der Waals surface area contributed by atoms with Gasteiger partial charge in [-0.15, -0.1) is 0 Å². The Hall–Kier alpha value is -0.300. The summed E-state index contributed by atoms with van der Waals surface area (Å²) < 4.78 is 0. The van der Waals surface area contributed by atoms with E-state index in [1.54, 1.807) is 0 Å². The normalized spacial score (nSPS) is 18.2. The van der Waals surface area contributed by atoms with Crippen molar-refractivity contribution in [3.63, 3.8) is 0 Å². The first kappa shape index (κ1) is 9.70. The first-order chi connectivity index (χ1) is 4.59. The number of hydrogen-bond acceptors (Lipinski definition) is 1. The average molecular weight is 142 g/mol. The minimum atomic E-state index is -0.198. The van der Waals surface area contributed by atoms with Gasteiger partial charge in [0.2, 0.25) is 0 Å². The lowest BCUT2D eigenvalue weighted by molar-refractivity contribution is 0.0911. The molecule has 0 aliphatic carbocycles. The number of rotatable bonds is 3. The third kappa shape index (κ3) is 3.02. The zero-order valence-corrected chi connectivity index (χ0v) is 7.33. The van der Waals surface area contributed by atoms with E-state index in [1.807, 2.05) is 39.8 Å². The highest BCUT2D eigenvalue weighted by Crippen LogP contribution is 2.12. The SMILES string of the molecule is C/C=C\[C@H](C)[C@H](O)C(C)C. The van der Waals surface area contributed by atoms with E-state index < -0.39 is 0 Å². The molecule has 0 aromatic carbocycles. The van der Waals surface area contributed by atoms with Crippen LogP contribution < -0.4 is 0 Å². The van der Waals surface area contributed by atoms with Crippen LogP contribution in [-0.4, -0.2) is 11.2 Å². The monoisotopic (exact) mass is 142 g/mol. The highest BCUT2D eigenvalue weighted by Gasteiger charge is 2.14. The molecular weight excluding hydrogens is 124 g/mol. The van der Waals surface area contributed by atoms with E-state index in [2.05, 4.69) is 0 Å². The van der Waals surface area contributed by atoms with Crippen LogP contribution in [0.4, 0.5) is 0 Å². The second-order valence-electron chi connectivity index (χ2n) is 3.12. The van der Waals surface area contributed by atoms with Crippen molar-refractivity contribution in [1.82, 2.24) is 0 Å². The number of aliphatic hydroxyl groups excluding tert-OH is 1. The Balaban J connectivity index is 3.81. The first-order valence-electron chi connectivity index (χ1n) is 3.90. The Kier molecular flexibility index (Phi) is 4.37. The van der Waals surface area contributed by atoms with Gasteiger partial charge in [0, 0.05) is 5.92 Å². The van der Waals surface area contributed by atoms with Gasteiger partial charge in [-0.3, -0.25) is 0 Å². The minimum Gasteiger partial charge on any atom is -0.392 e. The average Bonchev–Trinajstić information content (AvgIpc) is 1.87. The van der Waals surface area contributed by atoms with Gasteiger partial charge in [0.15, 0.2) is 0 Å². The molecule has 0 aliphatic heterocycles. The van der Waals surface area contributed by atoms with Gasteiger partial charge >= 0.3 is 0 Å². The summed E-state index contributed by atoms with van der Waals surface area (Å²) in [4.78, 5) is 0. The Morgan fingerprint density at radius 3 is 2.00 bits per heavy atom. The van der Waals surface area contributed by atoms with Gasteiger partial charge in [0.1, 0.15) is 0 Å². The lowest BCUT2D eigenvalue weighted by Gasteiger charge is -2.18. The van der Waals surface area contributed by atoms with Gasteiger partial charge < -0.3 is 5.11 Å². The molecule has 0 heterocycles. The van der Waals surface area contributed by atoms with Crippen molar-refractivity contribution < 1.29 is 5.11 Å². The van der Waals surface area contributed by atoms with Crippen LogP contribution in [0.15, 0.2) is 12.2 Å². The van der Waals surface area contributed by atoms with E-state index in [0.29, 0.717) is 5.92 Å². The predicted molar refractivity (Wildman–Crippen MR) is 44.8 cm³/mol. The molecule has 0 radical (unpaired) electrons. The van der Waals surface area contributed by atoms with Crippen molar-refractivity contribution in [2.75, 3.05) is 0 Å². The largest absolute Gasteiger partial charge is 0.392 e. The third-order valence-electron chi connectivity index (χ3n) is 1.72. The molecule has 60 valence electrons. The smallest absolute Gasteiger partial charge is 0.0622 e. The summed E-state index contributed by atoms with van der Waals surface area (Å²) in [5.74, 6) is 0.635. The van der Waals surface area contributed by atoms with Gasteiger partial charge in [-0.25, -0.2) is 0 Å². The lowest BCUT2D eigenvalue weighted by Crippen LogP contribution is -2.21. The van der Waals surface area contributed by atoms with Crippen LogP contribution in [0.2, 0.25) is 0 Å². The molecule has 0 rings (SSSR count). The minimum absolute atomic E-state index is 0.198.